The van der Waals surface area contributed by atoms with Gasteiger partial charge in [-0.25, -0.2) is 0 Å². The first-order valence-electron chi connectivity index (χ1n) is 6.78. The average molecular weight is 349 g/mol. The normalized spacial score (nSPS) is 14.8. The van der Waals surface area contributed by atoms with Gasteiger partial charge in [-0.3, -0.25) is 9.13 Å². The fourth-order valence-electron chi connectivity index (χ4n) is 1.86. The summed E-state index contributed by atoms with van der Waals surface area (Å²) in [5.41, 5.74) is 0. The van der Waals surface area contributed by atoms with Crippen molar-refractivity contribution in [2.24, 2.45) is 0 Å². The molecule has 0 aromatic heterocycles. The summed E-state index contributed by atoms with van der Waals surface area (Å²) in [6.45, 7) is 2.15. The highest BCUT2D eigenvalue weighted by atomic mass is 32.2. The van der Waals surface area contributed by atoms with Crippen LogP contribution in [0.2, 0.25) is 0 Å². The molecule has 0 saturated carbocycles. The molecule has 0 saturated heterocycles. The molecule has 0 aromatic carbocycles. The van der Waals surface area contributed by atoms with Crippen LogP contribution >= 0.6 is 15.2 Å². The van der Waals surface area contributed by atoms with Crippen molar-refractivity contribution in [3.05, 3.63) is 0 Å². The molecule has 0 heterocycles. The van der Waals surface area contributed by atoms with E-state index in [9.17, 15) is 9.13 Å². The van der Waals surface area contributed by atoms with E-state index >= 15 is 0 Å². The van der Waals surface area contributed by atoms with Crippen molar-refractivity contribution in [1.82, 2.24) is 0 Å². The van der Waals surface area contributed by atoms with Gasteiger partial charge >= 0.3 is 15.2 Å². The summed E-state index contributed by atoms with van der Waals surface area (Å²) >= 11 is 0. The van der Waals surface area contributed by atoms with Gasteiger partial charge in [0.2, 0.25) is 5.40 Å². The Morgan fingerprint density at radius 1 is 0.900 bits per heavy atom. The minimum Gasteiger partial charge on any atom is -0.324 e. The van der Waals surface area contributed by atoms with Gasteiger partial charge < -0.3 is 19.6 Å². The van der Waals surface area contributed by atoms with Gasteiger partial charge in [-0.2, -0.15) is 0 Å². The molecule has 0 spiro atoms. The Morgan fingerprint density at radius 2 is 1.35 bits per heavy atom. The van der Waals surface area contributed by atoms with Crippen molar-refractivity contribution >= 4 is 26.1 Å². The standard InChI is InChI=1S/C11H26O6P2S/c1-3-4-5-6-7-8-9-20(2)10-11(18(12,13)14)19(15,16)17/h11H,3-10H2,1-2H3,(H3-,12,13,14,15,16,17)/p+1. The molecule has 0 aliphatic heterocycles. The molecule has 9 heteroatoms. The molecule has 0 radical (unpaired) electrons. The minimum atomic E-state index is -4.76. The second-order valence-electron chi connectivity index (χ2n) is 5.08. The van der Waals surface area contributed by atoms with E-state index in [2.05, 4.69) is 6.92 Å². The molecular weight excluding hydrogens is 322 g/mol. The van der Waals surface area contributed by atoms with Gasteiger partial charge in [-0.15, -0.1) is 0 Å². The molecular formula is C11H27O6P2S+. The van der Waals surface area contributed by atoms with Crippen LogP contribution in [0.1, 0.15) is 45.4 Å². The maximum Gasteiger partial charge on any atom is 0.345 e. The molecule has 0 fully saturated rings. The maximum atomic E-state index is 11.2. The Labute approximate surface area is 124 Å². The Balaban J connectivity index is 4.13. The molecule has 1 unspecified atom stereocenters. The first-order valence-corrected chi connectivity index (χ1v) is 12.1. The summed E-state index contributed by atoms with van der Waals surface area (Å²) < 4.78 is 22.3. The van der Waals surface area contributed by atoms with Crippen molar-refractivity contribution in [1.29, 1.82) is 0 Å². The van der Waals surface area contributed by atoms with Crippen LogP contribution in [0.15, 0.2) is 0 Å². The fraction of sp³-hybridized carbons (Fsp3) is 1.00. The largest absolute Gasteiger partial charge is 0.345 e. The number of hydrogen-bond acceptors (Lipinski definition) is 2. The summed E-state index contributed by atoms with van der Waals surface area (Å²) in [7, 11) is -9.91. The smallest absolute Gasteiger partial charge is 0.324 e. The van der Waals surface area contributed by atoms with Gasteiger partial charge in [-0.1, -0.05) is 32.6 Å². The third-order valence-electron chi connectivity index (χ3n) is 3.06. The maximum absolute atomic E-state index is 11.2. The number of rotatable bonds is 11. The average Bonchev–Trinajstić information content (AvgIpc) is 2.27. The molecule has 0 rings (SSSR count). The lowest BCUT2D eigenvalue weighted by Crippen LogP contribution is -2.23. The van der Waals surface area contributed by atoms with Gasteiger partial charge in [0, 0.05) is 0 Å². The highest BCUT2D eigenvalue weighted by molar-refractivity contribution is 7.97. The summed E-state index contributed by atoms with van der Waals surface area (Å²) in [4.78, 5) is 36.2. The minimum absolute atomic E-state index is 0.108. The lowest BCUT2D eigenvalue weighted by molar-refractivity contribution is 0.342. The molecule has 6 nitrogen and oxygen atoms in total. The van der Waals surface area contributed by atoms with Crippen LogP contribution in [0.25, 0.3) is 0 Å². The van der Waals surface area contributed by atoms with E-state index in [0.717, 1.165) is 25.0 Å². The zero-order valence-electron chi connectivity index (χ0n) is 12.1. The van der Waals surface area contributed by atoms with Crippen LogP contribution in [-0.2, 0) is 20.0 Å². The van der Waals surface area contributed by atoms with Crippen molar-refractivity contribution in [3.8, 4) is 0 Å². The summed E-state index contributed by atoms with van der Waals surface area (Å²) in [6, 6.07) is 0. The van der Waals surface area contributed by atoms with Crippen molar-refractivity contribution in [3.63, 3.8) is 0 Å². The second kappa shape index (κ2) is 9.62. The quantitative estimate of drug-likeness (QED) is 0.258. The van der Waals surface area contributed by atoms with E-state index in [4.69, 9.17) is 19.6 Å². The molecule has 1 atom stereocenters. The molecule has 20 heavy (non-hydrogen) atoms. The van der Waals surface area contributed by atoms with Gasteiger partial charge in [0.05, 0.1) is 6.26 Å². The van der Waals surface area contributed by atoms with Crippen LogP contribution < -0.4 is 0 Å². The van der Waals surface area contributed by atoms with Crippen LogP contribution in [-0.4, -0.2) is 42.7 Å². The first-order chi connectivity index (χ1) is 9.09. The Kier molecular flexibility index (Phi) is 9.94. The fourth-order valence-corrected chi connectivity index (χ4v) is 7.88. The van der Waals surface area contributed by atoms with E-state index in [1.54, 1.807) is 0 Å². The highest BCUT2D eigenvalue weighted by Crippen LogP contribution is 2.60. The monoisotopic (exact) mass is 349 g/mol. The SMILES string of the molecule is CCCCCCCC[S+](C)CC(P(=O)(O)O)P(=O)(O)O. The zero-order valence-corrected chi connectivity index (χ0v) is 14.7. The molecule has 0 bridgehead atoms. The van der Waals surface area contributed by atoms with Crippen LogP contribution in [0.5, 0.6) is 0 Å². The summed E-state index contributed by atoms with van der Waals surface area (Å²) in [5, 5.41) is -1.84. The number of unbranched alkanes of at least 4 members (excludes halogenated alkanes) is 5. The highest BCUT2D eigenvalue weighted by Gasteiger charge is 2.47. The predicted octanol–water partition coefficient (Wildman–Crippen LogP) is 2.28. The lowest BCUT2D eigenvalue weighted by Gasteiger charge is -2.18. The second-order valence-corrected chi connectivity index (χ2v) is 11.4. The lowest BCUT2D eigenvalue weighted by atomic mass is 10.1. The van der Waals surface area contributed by atoms with Gasteiger partial charge in [0.1, 0.15) is 11.5 Å². The van der Waals surface area contributed by atoms with Crippen LogP contribution in [0.3, 0.4) is 0 Å². The van der Waals surface area contributed by atoms with Crippen molar-refractivity contribution in [2.75, 3.05) is 17.8 Å². The summed E-state index contributed by atoms with van der Waals surface area (Å²) in [6.07, 6.45) is 8.56. The van der Waals surface area contributed by atoms with E-state index in [0.29, 0.717) is 0 Å². The molecule has 4 N–H and O–H groups in total. The topological polar surface area (TPSA) is 115 Å². The Hall–Kier alpha value is 0.650. The molecule has 122 valence electrons. The molecule has 0 aliphatic carbocycles. The van der Waals surface area contributed by atoms with E-state index in [-0.39, 0.29) is 16.6 Å². The Morgan fingerprint density at radius 3 is 1.80 bits per heavy atom. The van der Waals surface area contributed by atoms with E-state index < -0.39 is 20.6 Å². The zero-order chi connectivity index (χ0) is 15.8. The summed E-state index contributed by atoms with van der Waals surface area (Å²) in [5.74, 6) is 0.659. The van der Waals surface area contributed by atoms with E-state index in [1.807, 2.05) is 6.26 Å². The van der Waals surface area contributed by atoms with Gasteiger partial charge in [0.25, 0.3) is 0 Å². The van der Waals surface area contributed by atoms with Crippen molar-refractivity contribution in [2.45, 2.75) is 50.8 Å². The predicted molar refractivity (Wildman–Crippen MR) is 84.3 cm³/mol. The van der Waals surface area contributed by atoms with Gasteiger partial charge in [-0.05, 0) is 23.7 Å². The number of hydrogen-bond donors (Lipinski definition) is 4. The van der Waals surface area contributed by atoms with Crippen LogP contribution in [0, 0.1) is 0 Å². The van der Waals surface area contributed by atoms with Crippen molar-refractivity contribution < 1.29 is 28.7 Å². The molecule has 0 aliphatic rings. The third kappa shape index (κ3) is 9.56. The van der Waals surface area contributed by atoms with E-state index in [1.165, 1.54) is 19.3 Å². The first kappa shape index (κ1) is 20.6. The third-order valence-corrected chi connectivity index (χ3v) is 9.16. The van der Waals surface area contributed by atoms with Crippen LogP contribution in [0.4, 0.5) is 0 Å². The molecule has 0 amide bonds. The van der Waals surface area contributed by atoms with Gasteiger partial charge in [0.15, 0.2) is 0 Å². The molecule has 0 aromatic rings. The Bertz CT molecular complexity index is 331.